The Kier molecular flexibility index (Phi) is 3.92. The van der Waals surface area contributed by atoms with Gasteiger partial charge in [-0.2, -0.15) is 0 Å². The minimum Gasteiger partial charge on any atom is -0.306 e. The monoisotopic (exact) mass is 246 g/mol. The highest BCUT2D eigenvalue weighted by Crippen LogP contribution is 2.29. The van der Waals surface area contributed by atoms with Crippen molar-refractivity contribution < 1.29 is 0 Å². The molecule has 0 bridgehead atoms. The summed E-state index contributed by atoms with van der Waals surface area (Å²) in [6, 6.07) is 4.61. The second kappa shape index (κ2) is 5.43. The van der Waals surface area contributed by atoms with Gasteiger partial charge in [-0.15, -0.1) is 11.3 Å². The Labute approximate surface area is 107 Å². The summed E-state index contributed by atoms with van der Waals surface area (Å²) in [6.45, 7) is 7.40. The van der Waals surface area contributed by atoms with Gasteiger partial charge >= 0.3 is 0 Å². The lowest BCUT2D eigenvalue weighted by Gasteiger charge is -2.20. The fourth-order valence-corrected chi connectivity index (χ4v) is 2.83. The molecular weight excluding hydrogens is 228 g/mol. The molecule has 2 nitrogen and oxygen atoms in total. The Hall–Kier alpha value is -1.19. The second-order valence-electron chi connectivity index (χ2n) is 4.16. The summed E-state index contributed by atoms with van der Waals surface area (Å²) in [5.41, 5.74) is 3.94. The molecule has 0 aliphatic heterocycles. The van der Waals surface area contributed by atoms with Crippen LogP contribution in [0.1, 0.15) is 34.5 Å². The van der Waals surface area contributed by atoms with Gasteiger partial charge in [0.1, 0.15) is 0 Å². The van der Waals surface area contributed by atoms with Gasteiger partial charge in [-0.1, -0.05) is 6.92 Å². The zero-order valence-corrected chi connectivity index (χ0v) is 11.3. The maximum atomic E-state index is 4.17. The number of hydrogen-bond donors (Lipinski definition) is 1. The Morgan fingerprint density at radius 3 is 2.71 bits per heavy atom. The van der Waals surface area contributed by atoms with Crippen molar-refractivity contribution in [2.75, 3.05) is 6.54 Å². The summed E-state index contributed by atoms with van der Waals surface area (Å²) >= 11 is 1.80. The van der Waals surface area contributed by atoms with E-state index in [2.05, 4.69) is 48.6 Å². The summed E-state index contributed by atoms with van der Waals surface area (Å²) < 4.78 is 0. The molecule has 1 atom stereocenters. The normalized spacial score (nSPS) is 12.6. The van der Waals surface area contributed by atoms with Crippen LogP contribution in [0, 0.1) is 13.8 Å². The predicted molar refractivity (Wildman–Crippen MR) is 73.5 cm³/mol. The molecule has 1 unspecified atom stereocenters. The number of aryl methyl sites for hydroxylation is 2. The van der Waals surface area contributed by atoms with E-state index < -0.39 is 0 Å². The number of hydrogen-bond acceptors (Lipinski definition) is 3. The molecule has 0 aliphatic carbocycles. The van der Waals surface area contributed by atoms with Crippen LogP contribution in [0.2, 0.25) is 0 Å². The number of nitrogens with one attached hydrogen (secondary N) is 1. The van der Waals surface area contributed by atoms with Crippen LogP contribution in [-0.2, 0) is 0 Å². The fraction of sp³-hybridized carbons (Fsp3) is 0.357. The molecule has 0 radical (unpaired) electrons. The van der Waals surface area contributed by atoms with Crippen LogP contribution in [0.15, 0.2) is 29.9 Å². The Morgan fingerprint density at radius 2 is 2.12 bits per heavy atom. The molecule has 2 aromatic rings. The number of aromatic nitrogens is 1. The smallest absolute Gasteiger partial charge is 0.0591 e. The van der Waals surface area contributed by atoms with Gasteiger partial charge in [0.15, 0.2) is 0 Å². The first-order valence-electron chi connectivity index (χ1n) is 5.92. The summed E-state index contributed by atoms with van der Waals surface area (Å²) in [5, 5.41) is 5.72. The number of rotatable bonds is 4. The molecule has 90 valence electrons. The van der Waals surface area contributed by atoms with Crippen LogP contribution >= 0.6 is 11.3 Å². The third kappa shape index (κ3) is 2.56. The van der Waals surface area contributed by atoms with Gasteiger partial charge in [-0.05, 0) is 54.6 Å². The molecule has 0 fully saturated rings. The number of nitrogens with zero attached hydrogens (tertiary/aromatic N) is 1. The van der Waals surface area contributed by atoms with E-state index in [1.165, 1.54) is 21.6 Å². The van der Waals surface area contributed by atoms with Crippen molar-refractivity contribution in [1.29, 1.82) is 0 Å². The maximum Gasteiger partial charge on any atom is 0.0591 e. The van der Waals surface area contributed by atoms with Crippen molar-refractivity contribution >= 4 is 11.3 Å². The number of thiophene rings is 1. The van der Waals surface area contributed by atoms with Gasteiger partial charge in [-0.3, -0.25) is 4.98 Å². The minimum atomic E-state index is 0.286. The molecule has 3 heteroatoms. The van der Waals surface area contributed by atoms with Crippen LogP contribution in [0.5, 0.6) is 0 Å². The standard InChI is InChI=1S/C14H18N2S/c1-4-16-14(13-6-8-17-11(13)3)12-5-7-15-9-10(12)2/h5-9,14,16H,4H2,1-3H3. The second-order valence-corrected chi connectivity index (χ2v) is 5.28. The average Bonchev–Trinajstić information content (AvgIpc) is 2.74. The zero-order chi connectivity index (χ0) is 12.3. The SMILES string of the molecule is CCNC(c1ccncc1C)c1ccsc1C. The van der Waals surface area contributed by atoms with Gasteiger partial charge in [0, 0.05) is 17.3 Å². The van der Waals surface area contributed by atoms with Gasteiger partial charge < -0.3 is 5.32 Å². The lowest BCUT2D eigenvalue weighted by atomic mass is 9.97. The van der Waals surface area contributed by atoms with Crippen molar-refractivity contribution in [1.82, 2.24) is 10.3 Å². The van der Waals surface area contributed by atoms with Crippen molar-refractivity contribution in [2.24, 2.45) is 0 Å². The van der Waals surface area contributed by atoms with Crippen LogP contribution in [0.25, 0.3) is 0 Å². The molecule has 0 aromatic carbocycles. The van der Waals surface area contributed by atoms with E-state index in [0.29, 0.717) is 0 Å². The quantitative estimate of drug-likeness (QED) is 0.893. The third-order valence-corrected chi connectivity index (χ3v) is 3.85. The first-order chi connectivity index (χ1) is 8.24. The van der Waals surface area contributed by atoms with E-state index in [1.54, 1.807) is 11.3 Å². The van der Waals surface area contributed by atoms with Crippen molar-refractivity contribution in [3.8, 4) is 0 Å². The summed E-state index contributed by atoms with van der Waals surface area (Å²) in [6.07, 6.45) is 3.80. The minimum absolute atomic E-state index is 0.286. The molecule has 1 N–H and O–H groups in total. The number of pyridine rings is 1. The third-order valence-electron chi connectivity index (χ3n) is 2.99. The van der Waals surface area contributed by atoms with Gasteiger partial charge in [0.25, 0.3) is 0 Å². The van der Waals surface area contributed by atoms with Crippen LogP contribution in [0.4, 0.5) is 0 Å². The molecule has 0 amide bonds. The fourth-order valence-electron chi connectivity index (χ4n) is 2.09. The van der Waals surface area contributed by atoms with E-state index in [1.807, 2.05) is 12.4 Å². The van der Waals surface area contributed by atoms with Gasteiger partial charge in [0.05, 0.1) is 6.04 Å². The van der Waals surface area contributed by atoms with Gasteiger partial charge in [-0.25, -0.2) is 0 Å². The lowest BCUT2D eigenvalue weighted by molar-refractivity contribution is 0.626. The Balaban J connectivity index is 2.43. The van der Waals surface area contributed by atoms with Crippen LogP contribution in [-0.4, -0.2) is 11.5 Å². The van der Waals surface area contributed by atoms with E-state index >= 15 is 0 Å². The largest absolute Gasteiger partial charge is 0.306 e. The highest BCUT2D eigenvalue weighted by Gasteiger charge is 2.17. The first-order valence-corrected chi connectivity index (χ1v) is 6.80. The zero-order valence-electron chi connectivity index (χ0n) is 10.5. The first kappa shape index (κ1) is 12.3. The Bertz CT molecular complexity index is 490. The van der Waals surface area contributed by atoms with Crippen molar-refractivity contribution in [2.45, 2.75) is 26.8 Å². The van der Waals surface area contributed by atoms with E-state index in [-0.39, 0.29) is 6.04 Å². The molecule has 2 heterocycles. The molecule has 0 spiro atoms. The topological polar surface area (TPSA) is 24.9 Å². The molecule has 0 saturated carbocycles. The van der Waals surface area contributed by atoms with E-state index in [9.17, 15) is 0 Å². The summed E-state index contributed by atoms with van der Waals surface area (Å²) in [4.78, 5) is 5.55. The maximum absolute atomic E-state index is 4.17. The molecule has 2 rings (SSSR count). The highest BCUT2D eigenvalue weighted by molar-refractivity contribution is 7.10. The lowest BCUT2D eigenvalue weighted by Crippen LogP contribution is -2.23. The molecule has 0 aliphatic rings. The molecule has 0 saturated heterocycles. The van der Waals surface area contributed by atoms with Crippen molar-refractivity contribution in [3.63, 3.8) is 0 Å². The van der Waals surface area contributed by atoms with Crippen LogP contribution in [0.3, 0.4) is 0 Å². The summed E-state index contributed by atoms with van der Waals surface area (Å²) in [7, 11) is 0. The van der Waals surface area contributed by atoms with Crippen LogP contribution < -0.4 is 5.32 Å². The predicted octanol–water partition coefficient (Wildman–Crippen LogP) is 3.46. The van der Waals surface area contributed by atoms with E-state index in [0.717, 1.165) is 6.54 Å². The van der Waals surface area contributed by atoms with E-state index in [4.69, 9.17) is 0 Å². The molecule has 17 heavy (non-hydrogen) atoms. The average molecular weight is 246 g/mol. The molecule has 2 aromatic heterocycles. The molecular formula is C14H18N2S. The van der Waals surface area contributed by atoms with Gasteiger partial charge in [0.2, 0.25) is 0 Å². The Morgan fingerprint density at radius 1 is 1.29 bits per heavy atom. The van der Waals surface area contributed by atoms with Crippen molar-refractivity contribution in [3.05, 3.63) is 51.5 Å². The highest BCUT2D eigenvalue weighted by atomic mass is 32.1. The summed E-state index contributed by atoms with van der Waals surface area (Å²) in [5.74, 6) is 0.